The third-order valence-corrected chi connectivity index (χ3v) is 3.40. The van der Waals surface area contributed by atoms with Gasteiger partial charge in [0.25, 0.3) is 0 Å². The Morgan fingerprint density at radius 1 is 1.44 bits per heavy atom. The molecule has 5 nitrogen and oxygen atoms in total. The van der Waals surface area contributed by atoms with E-state index in [9.17, 15) is 9.90 Å². The number of hydrogen-bond acceptors (Lipinski definition) is 4. The van der Waals surface area contributed by atoms with Gasteiger partial charge < -0.3 is 10.0 Å². The average Bonchev–Trinajstić information content (AvgIpc) is 2.27. The third-order valence-electron chi connectivity index (χ3n) is 3.40. The fourth-order valence-corrected chi connectivity index (χ4v) is 2.49. The SMILES string of the molecule is Cc1cc(N2CCC(C)CC2C(=O)O)nc(C)n1. The first-order valence-corrected chi connectivity index (χ1v) is 6.29. The van der Waals surface area contributed by atoms with Crippen molar-refractivity contribution in [3.63, 3.8) is 0 Å². The second kappa shape index (κ2) is 4.92. The Bertz CT molecular complexity index is 441. The van der Waals surface area contributed by atoms with E-state index in [1.807, 2.05) is 24.8 Å². The minimum absolute atomic E-state index is 0.450. The number of aromatic nitrogens is 2. The van der Waals surface area contributed by atoms with Gasteiger partial charge in [-0.1, -0.05) is 6.92 Å². The standard InChI is InChI=1S/C13H19N3O2/c1-8-4-5-16(11(6-8)13(17)18)12-7-9(2)14-10(3)15-12/h7-8,11H,4-6H2,1-3H3,(H,17,18). The summed E-state index contributed by atoms with van der Waals surface area (Å²) in [5, 5.41) is 9.34. The Morgan fingerprint density at radius 2 is 2.17 bits per heavy atom. The lowest BCUT2D eigenvalue weighted by Gasteiger charge is -2.36. The summed E-state index contributed by atoms with van der Waals surface area (Å²) in [6, 6.07) is 1.39. The topological polar surface area (TPSA) is 66.3 Å². The number of carbonyl (C=O) groups is 1. The Balaban J connectivity index is 2.32. The van der Waals surface area contributed by atoms with Crippen LogP contribution < -0.4 is 4.90 Å². The molecule has 0 radical (unpaired) electrons. The smallest absolute Gasteiger partial charge is 0.326 e. The maximum Gasteiger partial charge on any atom is 0.326 e. The maximum absolute atomic E-state index is 11.4. The predicted octanol–water partition coefficient (Wildman–Crippen LogP) is 1.78. The van der Waals surface area contributed by atoms with Gasteiger partial charge in [0.15, 0.2) is 0 Å². The fraction of sp³-hybridized carbons (Fsp3) is 0.615. The van der Waals surface area contributed by atoms with Gasteiger partial charge in [-0.25, -0.2) is 14.8 Å². The van der Waals surface area contributed by atoms with E-state index in [1.165, 1.54) is 0 Å². The molecule has 0 bridgehead atoms. The Labute approximate surface area is 107 Å². The molecule has 0 aliphatic carbocycles. The van der Waals surface area contributed by atoms with Gasteiger partial charge in [-0.05, 0) is 32.6 Å². The van der Waals surface area contributed by atoms with E-state index < -0.39 is 12.0 Å². The van der Waals surface area contributed by atoms with Crippen molar-refractivity contribution < 1.29 is 9.90 Å². The number of piperidine rings is 1. The molecular formula is C13H19N3O2. The molecule has 2 atom stereocenters. The summed E-state index contributed by atoms with van der Waals surface area (Å²) in [5.74, 6) is 1.11. The molecule has 0 aromatic carbocycles. The monoisotopic (exact) mass is 249 g/mol. The van der Waals surface area contributed by atoms with Crippen LogP contribution in [-0.2, 0) is 4.79 Å². The van der Waals surface area contributed by atoms with Crippen molar-refractivity contribution in [1.82, 2.24) is 9.97 Å². The van der Waals surface area contributed by atoms with Gasteiger partial charge in [-0.15, -0.1) is 0 Å². The number of hydrogen-bond donors (Lipinski definition) is 1. The summed E-state index contributed by atoms with van der Waals surface area (Å²) >= 11 is 0. The van der Waals surface area contributed by atoms with Gasteiger partial charge in [-0.3, -0.25) is 0 Å². The summed E-state index contributed by atoms with van der Waals surface area (Å²) < 4.78 is 0. The van der Waals surface area contributed by atoms with Gasteiger partial charge in [0.05, 0.1) is 0 Å². The van der Waals surface area contributed by atoms with Gasteiger partial charge in [-0.2, -0.15) is 0 Å². The van der Waals surface area contributed by atoms with Crippen molar-refractivity contribution >= 4 is 11.8 Å². The van der Waals surface area contributed by atoms with Crippen LogP contribution in [0.25, 0.3) is 0 Å². The van der Waals surface area contributed by atoms with Crippen molar-refractivity contribution in [1.29, 1.82) is 0 Å². The first-order chi connectivity index (χ1) is 8.47. The lowest BCUT2D eigenvalue weighted by Crippen LogP contribution is -2.47. The van der Waals surface area contributed by atoms with Crippen LogP contribution in [-0.4, -0.2) is 33.6 Å². The summed E-state index contributed by atoms with van der Waals surface area (Å²) in [6.45, 7) is 6.58. The molecule has 98 valence electrons. The maximum atomic E-state index is 11.4. The van der Waals surface area contributed by atoms with Crippen molar-refractivity contribution in [3.8, 4) is 0 Å². The molecular weight excluding hydrogens is 230 g/mol. The Kier molecular flexibility index (Phi) is 3.50. The zero-order valence-electron chi connectivity index (χ0n) is 11.1. The summed E-state index contributed by atoms with van der Waals surface area (Å²) in [7, 11) is 0. The number of aliphatic carboxylic acids is 1. The average molecular weight is 249 g/mol. The van der Waals surface area contributed by atoms with Crippen LogP contribution in [0.2, 0.25) is 0 Å². The van der Waals surface area contributed by atoms with Crippen molar-refractivity contribution in [2.24, 2.45) is 5.92 Å². The van der Waals surface area contributed by atoms with Crippen LogP contribution in [0.3, 0.4) is 0 Å². The molecule has 2 unspecified atom stereocenters. The molecule has 18 heavy (non-hydrogen) atoms. The van der Waals surface area contributed by atoms with Crippen LogP contribution in [0.5, 0.6) is 0 Å². The first-order valence-electron chi connectivity index (χ1n) is 6.29. The van der Waals surface area contributed by atoms with Crippen LogP contribution in [0.4, 0.5) is 5.82 Å². The largest absolute Gasteiger partial charge is 0.480 e. The van der Waals surface area contributed by atoms with E-state index in [-0.39, 0.29) is 0 Å². The minimum atomic E-state index is -0.768. The van der Waals surface area contributed by atoms with Gasteiger partial charge in [0.2, 0.25) is 0 Å². The summed E-state index contributed by atoms with van der Waals surface area (Å²) in [4.78, 5) is 21.9. The van der Waals surface area contributed by atoms with Crippen molar-refractivity contribution in [3.05, 3.63) is 17.6 Å². The minimum Gasteiger partial charge on any atom is -0.480 e. The van der Waals surface area contributed by atoms with E-state index >= 15 is 0 Å². The van der Waals surface area contributed by atoms with E-state index in [0.29, 0.717) is 18.2 Å². The Hall–Kier alpha value is -1.65. The second-order valence-electron chi connectivity index (χ2n) is 5.09. The molecule has 0 spiro atoms. The fourth-order valence-electron chi connectivity index (χ4n) is 2.49. The Morgan fingerprint density at radius 3 is 2.78 bits per heavy atom. The van der Waals surface area contributed by atoms with Gasteiger partial charge in [0, 0.05) is 18.3 Å². The zero-order chi connectivity index (χ0) is 13.3. The quantitative estimate of drug-likeness (QED) is 0.865. The molecule has 0 amide bonds. The first kappa shape index (κ1) is 12.8. The third kappa shape index (κ3) is 2.60. The van der Waals surface area contributed by atoms with E-state index in [4.69, 9.17) is 0 Å². The normalized spacial score (nSPS) is 24.1. The molecule has 1 aliphatic heterocycles. The van der Waals surface area contributed by atoms with Crippen LogP contribution in [0.1, 0.15) is 31.3 Å². The number of aryl methyl sites for hydroxylation is 2. The highest BCUT2D eigenvalue weighted by molar-refractivity contribution is 5.78. The van der Waals surface area contributed by atoms with E-state index in [2.05, 4.69) is 16.9 Å². The molecule has 2 rings (SSSR count). The molecule has 1 fully saturated rings. The van der Waals surface area contributed by atoms with Crippen molar-refractivity contribution in [2.45, 2.75) is 39.7 Å². The molecule has 1 aromatic rings. The predicted molar refractivity (Wildman–Crippen MR) is 68.7 cm³/mol. The summed E-state index contributed by atoms with van der Waals surface area (Å²) in [6.07, 6.45) is 1.68. The van der Waals surface area contributed by atoms with Crippen LogP contribution in [0.15, 0.2) is 6.07 Å². The lowest BCUT2D eigenvalue weighted by atomic mass is 9.92. The van der Waals surface area contributed by atoms with Crippen LogP contribution >= 0.6 is 0 Å². The number of anilines is 1. The van der Waals surface area contributed by atoms with Crippen molar-refractivity contribution in [2.75, 3.05) is 11.4 Å². The molecule has 0 saturated carbocycles. The highest BCUT2D eigenvalue weighted by Crippen LogP contribution is 2.27. The molecule has 1 saturated heterocycles. The summed E-state index contributed by atoms with van der Waals surface area (Å²) in [5.41, 5.74) is 0.875. The number of nitrogens with zero attached hydrogens (tertiary/aromatic N) is 3. The molecule has 5 heteroatoms. The molecule has 1 aromatic heterocycles. The van der Waals surface area contributed by atoms with E-state index in [1.54, 1.807) is 0 Å². The van der Waals surface area contributed by atoms with Gasteiger partial charge in [0.1, 0.15) is 17.7 Å². The number of rotatable bonds is 2. The molecule has 2 heterocycles. The zero-order valence-corrected chi connectivity index (χ0v) is 11.1. The van der Waals surface area contributed by atoms with Gasteiger partial charge >= 0.3 is 5.97 Å². The van der Waals surface area contributed by atoms with E-state index in [0.717, 1.165) is 24.5 Å². The number of carboxylic acids is 1. The second-order valence-corrected chi connectivity index (χ2v) is 5.09. The lowest BCUT2D eigenvalue weighted by molar-refractivity contribution is -0.139. The molecule has 1 N–H and O–H groups in total. The van der Waals surface area contributed by atoms with Crippen LogP contribution in [0, 0.1) is 19.8 Å². The highest BCUT2D eigenvalue weighted by atomic mass is 16.4. The highest BCUT2D eigenvalue weighted by Gasteiger charge is 2.32. The number of carboxylic acid groups (broad SMARTS) is 1. The molecule has 1 aliphatic rings.